The minimum absolute atomic E-state index is 0.113. The zero-order valence-corrected chi connectivity index (χ0v) is 16.1. The molecule has 11 heteroatoms. The SMILES string of the molecule is O=C(Nc1nnc(CCN2C(=O)c3ccccc3C2=O)s1)c1ccc([N+](=O)[O-])cc1. The Morgan fingerprint density at radius 2 is 1.67 bits per heavy atom. The van der Waals surface area contributed by atoms with Gasteiger partial charge in [-0.25, -0.2) is 0 Å². The van der Waals surface area contributed by atoms with Crippen molar-refractivity contribution in [3.8, 4) is 0 Å². The number of benzene rings is 2. The Balaban J connectivity index is 1.37. The first-order valence-electron chi connectivity index (χ1n) is 8.77. The van der Waals surface area contributed by atoms with Crippen LogP contribution in [-0.2, 0) is 6.42 Å². The molecule has 1 aliphatic rings. The number of hydrogen-bond acceptors (Lipinski definition) is 8. The lowest BCUT2D eigenvalue weighted by Crippen LogP contribution is -2.31. The smallest absolute Gasteiger partial charge is 0.269 e. The molecule has 2 aromatic carbocycles. The van der Waals surface area contributed by atoms with Crippen molar-refractivity contribution in [1.82, 2.24) is 15.1 Å². The Bertz CT molecular complexity index is 1140. The Morgan fingerprint density at radius 1 is 1.03 bits per heavy atom. The number of amides is 3. The minimum atomic E-state index is -0.549. The van der Waals surface area contributed by atoms with Crippen LogP contribution in [0.2, 0.25) is 0 Å². The monoisotopic (exact) mass is 423 g/mol. The summed E-state index contributed by atoms with van der Waals surface area (Å²) in [5.41, 5.74) is 0.896. The van der Waals surface area contributed by atoms with Gasteiger partial charge < -0.3 is 0 Å². The first kappa shape index (κ1) is 19.3. The number of non-ortho nitro benzene ring substituents is 1. The standard InChI is InChI=1S/C19H13N5O5S/c25-16(11-5-7-12(8-6-11)24(28)29)20-19-22-21-15(30-19)9-10-23-17(26)13-3-1-2-4-14(13)18(23)27/h1-8H,9-10H2,(H,20,22,25). The number of hydrogen-bond donors (Lipinski definition) is 1. The second kappa shape index (κ2) is 7.79. The number of nitro groups is 1. The fourth-order valence-electron chi connectivity index (χ4n) is 2.96. The lowest BCUT2D eigenvalue weighted by Gasteiger charge is -2.12. The fourth-order valence-corrected chi connectivity index (χ4v) is 3.68. The van der Waals surface area contributed by atoms with E-state index in [4.69, 9.17) is 0 Å². The van der Waals surface area contributed by atoms with E-state index in [2.05, 4.69) is 15.5 Å². The molecule has 0 radical (unpaired) electrons. The van der Waals surface area contributed by atoms with Crippen molar-refractivity contribution < 1.29 is 19.3 Å². The van der Waals surface area contributed by atoms with Gasteiger partial charge in [-0.15, -0.1) is 10.2 Å². The summed E-state index contributed by atoms with van der Waals surface area (Å²) >= 11 is 1.12. The summed E-state index contributed by atoms with van der Waals surface area (Å²) in [7, 11) is 0. The molecule has 3 amide bonds. The molecule has 3 aromatic rings. The fraction of sp³-hybridized carbons (Fsp3) is 0.105. The number of nitrogens with zero attached hydrogens (tertiary/aromatic N) is 4. The third-order valence-electron chi connectivity index (χ3n) is 4.46. The molecule has 0 atom stereocenters. The molecular weight excluding hydrogens is 410 g/mol. The molecule has 0 fully saturated rings. The van der Waals surface area contributed by atoms with Crippen LogP contribution >= 0.6 is 11.3 Å². The molecule has 2 heterocycles. The second-order valence-electron chi connectivity index (χ2n) is 6.32. The van der Waals surface area contributed by atoms with Gasteiger partial charge >= 0.3 is 0 Å². The lowest BCUT2D eigenvalue weighted by atomic mass is 10.1. The van der Waals surface area contributed by atoms with Gasteiger partial charge in [-0.05, 0) is 24.3 Å². The minimum Gasteiger partial charge on any atom is -0.296 e. The van der Waals surface area contributed by atoms with E-state index in [1.807, 2.05) is 0 Å². The highest BCUT2D eigenvalue weighted by Gasteiger charge is 2.34. The normalized spacial score (nSPS) is 12.7. The van der Waals surface area contributed by atoms with Crippen molar-refractivity contribution in [3.05, 3.63) is 80.3 Å². The van der Waals surface area contributed by atoms with Crippen LogP contribution in [0.4, 0.5) is 10.8 Å². The number of nitrogens with one attached hydrogen (secondary N) is 1. The van der Waals surface area contributed by atoms with Gasteiger partial charge in [0.2, 0.25) is 5.13 Å². The number of imide groups is 1. The average Bonchev–Trinajstić information content (AvgIpc) is 3.29. The quantitative estimate of drug-likeness (QED) is 0.365. The topological polar surface area (TPSA) is 135 Å². The van der Waals surface area contributed by atoms with E-state index < -0.39 is 10.8 Å². The van der Waals surface area contributed by atoms with E-state index in [-0.39, 0.29) is 34.7 Å². The highest BCUT2D eigenvalue weighted by Crippen LogP contribution is 2.24. The molecule has 30 heavy (non-hydrogen) atoms. The highest BCUT2D eigenvalue weighted by molar-refractivity contribution is 7.15. The summed E-state index contributed by atoms with van der Waals surface area (Å²) in [6.45, 7) is 0.150. The molecular formula is C19H13N5O5S. The van der Waals surface area contributed by atoms with Crippen molar-refractivity contribution in [1.29, 1.82) is 0 Å². The number of carbonyl (C=O) groups excluding carboxylic acids is 3. The molecule has 0 aliphatic carbocycles. The predicted octanol–water partition coefficient (Wildman–Crippen LogP) is 2.54. The van der Waals surface area contributed by atoms with Crippen LogP contribution in [0, 0.1) is 10.1 Å². The molecule has 1 aromatic heterocycles. The summed E-state index contributed by atoms with van der Waals surface area (Å²) < 4.78 is 0. The van der Waals surface area contributed by atoms with Crippen molar-refractivity contribution in [2.24, 2.45) is 0 Å². The van der Waals surface area contributed by atoms with Gasteiger partial charge in [0, 0.05) is 30.7 Å². The lowest BCUT2D eigenvalue weighted by molar-refractivity contribution is -0.384. The summed E-state index contributed by atoms with van der Waals surface area (Å²) in [4.78, 5) is 48.3. The Morgan fingerprint density at radius 3 is 2.27 bits per heavy atom. The Kier molecular flexibility index (Phi) is 5.02. The van der Waals surface area contributed by atoms with Crippen molar-refractivity contribution >= 4 is 39.9 Å². The molecule has 150 valence electrons. The van der Waals surface area contributed by atoms with Crippen LogP contribution in [0.1, 0.15) is 36.1 Å². The number of fused-ring (bicyclic) bond motifs is 1. The van der Waals surface area contributed by atoms with Crippen LogP contribution in [-0.4, -0.2) is 44.3 Å². The average molecular weight is 423 g/mol. The van der Waals surface area contributed by atoms with Crippen molar-refractivity contribution in [2.75, 3.05) is 11.9 Å². The second-order valence-corrected chi connectivity index (χ2v) is 7.38. The molecule has 0 bridgehead atoms. The van der Waals surface area contributed by atoms with Gasteiger partial charge in [-0.1, -0.05) is 23.5 Å². The van der Waals surface area contributed by atoms with Crippen LogP contribution < -0.4 is 5.32 Å². The number of carbonyl (C=O) groups is 3. The first-order chi connectivity index (χ1) is 14.4. The number of nitro benzene ring substituents is 1. The largest absolute Gasteiger partial charge is 0.296 e. The van der Waals surface area contributed by atoms with E-state index in [1.165, 1.54) is 29.2 Å². The molecule has 1 N–H and O–H groups in total. The maximum atomic E-state index is 12.4. The summed E-state index contributed by atoms with van der Waals surface area (Å²) in [6.07, 6.45) is 0.302. The van der Waals surface area contributed by atoms with E-state index in [0.29, 0.717) is 22.6 Å². The molecule has 1 aliphatic heterocycles. The Hall–Kier alpha value is -3.99. The van der Waals surface area contributed by atoms with E-state index in [0.717, 1.165) is 11.3 Å². The molecule has 4 rings (SSSR count). The predicted molar refractivity (Wildman–Crippen MR) is 106 cm³/mol. The van der Waals surface area contributed by atoms with Crippen LogP contribution in [0.15, 0.2) is 48.5 Å². The number of anilines is 1. The van der Waals surface area contributed by atoms with E-state index in [9.17, 15) is 24.5 Å². The zero-order chi connectivity index (χ0) is 21.3. The molecule has 10 nitrogen and oxygen atoms in total. The third kappa shape index (κ3) is 3.65. The first-order valence-corrected chi connectivity index (χ1v) is 9.59. The molecule has 0 saturated heterocycles. The maximum absolute atomic E-state index is 12.4. The zero-order valence-electron chi connectivity index (χ0n) is 15.3. The molecule has 0 unspecified atom stereocenters. The highest BCUT2D eigenvalue weighted by atomic mass is 32.1. The molecule has 0 saturated carbocycles. The Labute approximate surface area is 173 Å². The van der Waals surface area contributed by atoms with Crippen LogP contribution in [0.5, 0.6) is 0 Å². The van der Waals surface area contributed by atoms with E-state index >= 15 is 0 Å². The van der Waals surface area contributed by atoms with Gasteiger partial charge in [0.15, 0.2) is 0 Å². The van der Waals surface area contributed by atoms with Gasteiger partial charge in [0.05, 0.1) is 16.1 Å². The summed E-state index contributed by atoms with van der Waals surface area (Å²) in [5, 5.41) is 21.9. The number of rotatable bonds is 6. The van der Waals surface area contributed by atoms with Crippen LogP contribution in [0.3, 0.4) is 0 Å². The van der Waals surface area contributed by atoms with E-state index in [1.54, 1.807) is 24.3 Å². The summed E-state index contributed by atoms with van der Waals surface area (Å²) in [6, 6.07) is 11.8. The molecule has 0 spiro atoms. The number of aromatic nitrogens is 2. The van der Waals surface area contributed by atoms with Crippen molar-refractivity contribution in [3.63, 3.8) is 0 Å². The van der Waals surface area contributed by atoms with Gasteiger partial charge in [-0.2, -0.15) is 0 Å². The van der Waals surface area contributed by atoms with Crippen molar-refractivity contribution in [2.45, 2.75) is 6.42 Å². The summed E-state index contributed by atoms with van der Waals surface area (Å²) in [5.74, 6) is -1.16. The van der Waals surface area contributed by atoms with Gasteiger partial charge in [-0.3, -0.25) is 34.7 Å². The van der Waals surface area contributed by atoms with Crippen LogP contribution in [0.25, 0.3) is 0 Å². The maximum Gasteiger partial charge on any atom is 0.269 e. The third-order valence-corrected chi connectivity index (χ3v) is 5.35. The van der Waals surface area contributed by atoms with Gasteiger partial charge in [0.25, 0.3) is 23.4 Å². The van der Waals surface area contributed by atoms with Gasteiger partial charge in [0.1, 0.15) is 5.01 Å².